The van der Waals surface area contributed by atoms with Crippen molar-refractivity contribution in [2.75, 3.05) is 26.3 Å². The zero-order valence-electron chi connectivity index (χ0n) is 7.65. The first-order valence-corrected chi connectivity index (χ1v) is 4.73. The molecule has 5 nitrogen and oxygen atoms in total. The lowest BCUT2D eigenvalue weighted by molar-refractivity contribution is -0.129. The van der Waals surface area contributed by atoms with E-state index in [-0.39, 0.29) is 6.61 Å². The van der Waals surface area contributed by atoms with Crippen LogP contribution in [-0.2, 0) is 9.53 Å². The fraction of sp³-hybridized carbons (Fsp3) is 0.750. The highest BCUT2D eigenvalue weighted by atomic mass is 35.5. The highest BCUT2D eigenvalue weighted by molar-refractivity contribution is 6.22. The molecule has 0 spiro atoms. The van der Waals surface area contributed by atoms with Crippen LogP contribution < -0.4 is 5.73 Å². The number of carbonyl (C=O) groups is 1. The van der Waals surface area contributed by atoms with Crippen LogP contribution in [0.5, 0.6) is 0 Å². The van der Waals surface area contributed by atoms with E-state index in [0.29, 0.717) is 19.7 Å². The van der Waals surface area contributed by atoms with Gasteiger partial charge in [-0.15, -0.1) is 11.6 Å². The summed E-state index contributed by atoms with van der Waals surface area (Å²) in [6.45, 7) is 1.75. The van der Waals surface area contributed by atoms with Gasteiger partial charge < -0.3 is 10.5 Å². The standard InChI is InChI=1S/C8H12ClN3O2/c9-6(3-10)4-12-1-2-14-5-7(12)8(11)13/h6-7H,1-2,4-5H2,(H2,11,13). The first kappa shape index (κ1) is 11.2. The summed E-state index contributed by atoms with van der Waals surface area (Å²) in [5.74, 6) is -0.438. The van der Waals surface area contributed by atoms with E-state index in [9.17, 15) is 4.79 Å². The van der Waals surface area contributed by atoms with Gasteiger partial charge in [0.1, 0.15) is 11.4 Å². The molecule has 1 rings (SSSR count). The van der Waals surface area contributed by atoms with Crippen LogP contribution in [0.15, 0.2) is 0 Å². The van der Waals surface area contributed by atoms with Gasteiger partial charge in [-0.25, -0.2) is 0 Å². The third-order valence-electron chi connectivity index (χ3n) is 2.10. The number of hydrogen-bond acceptors (Lipinski definition) is 4. The predicted molar refractivity (Wildman–Crippen MR) is 50.6 cm³/mol. The van der Waals surface area contributed by atoms with Crippen molar-refractivity contribution in [2.45, 2.75) is 11.4 Å². The number of hydrogen-bond donors (Lipinski definition) is 1. The molecule has 0 saturated carbocycles. The summed E-state index contributed by atoms with van der Waals surface area (Å²) in [6, 6.07) is 1.44. The van der Waals surface area contributed by atoms with Crippen molar-refractivity contribution in [1.82, 2.24) is 4.90 Å². The Morgan fingerprint density at radius 2 is 2.57 bits per heavy atom. The van der Waals surface area contributed by atoms with Gasteiger partial charge in [-0.1, -0.05) is 0 Å². The summed E-state index contributed by atoms with van der Waals surface area (Å²) in [7, 11) is 0. The van der Waals surface area contributed by atoms with Gasteiger partial charge in [0.25, 0.3) is 0 Å². The van der Waals surface area contributed by atoms with Crippen LogP contribution in [0, 0.1) is 11.3 Å². The molecule has 2 N–H and O–H groups in total. The summed E-state index contributed by atoms with van der Waals surface area (Å²) in [4.78, 5) is 12.8. The van der Waals surface area contributed by atoms with Crippen LogP contribution in [0.2, 0.25) is 0 Å². The lowest BCUT2D eigenvalue weighted by Gasteiger charge is -2.33. The molecule has 1 heterocycles. The van der Waals surface area contributed by atoms with E-state index in [0.717, 1.165) is 0 Å². The number of morpholine rings is 1. The molecule has 0 radical (unpaired) electrons. The quantitative estimate of drug-likeness (QED) is 0.635. The van der Waals surface area contributed by atoms with Crippen LogP contribution in [-0.4, -0.2) is 48.5 Å². The molecule has 1 saturated heterocycles. The first-order valence-electron chi connectivity index (χ1n) is 4.30. The minimum atomic E-state index is -0.616. The summed E-state index contributed by atoms with van der Waals surface area (Å²) < 4.78 is 5.12. The number of nitrogens with two attached hydrogens (primary N) is 1. The lowest BCUT2D eigenvalue weighted by Crippen LogP contribution is -2.53. The number of nitrogens with zero attached hydrogens (tertiary/aromatic N) is 2. The van der Waals surface area contributed by atoms with Crippen LogP contribution >= 0.6 is 11.6 Å². The monoisotopic (exact) mass is 217 g/mol. The minimum absolute atomic E-state index is 0.282. The van der Waals surface area contributed by atoms with Crippen LogP contribution in [0.1, 0.15) is 0 Å². The van der Waals surface area contributed by atoms with E-state index >= 15 is 0 Å². The third kappa shape index (κ3) is 2.84. The molecule has 0 aromatic rings. The largest absolute Gasteiger partial charge is 0.378 e. The molecule has 2 unspecified atom stereocenters. The predicted octanol–water partition coefficient (Wildman–Crippen LogP) is -0.697. The van der Waals surface area contributed by atoms with Gasteiger partial charge >= 0.3 is 0 Å². The zero-order chi connectivity index (χ0) is 10.6. The smallest absolute Gasteiger partial charge is 0.237 e. The fourth-order valence-corrected chi connectivity index (χ4v) is 1.54. The molecular formula is C8H12ClN3O2. The second-order valence-electron chi connectivity index (χ2n) is 3.08. The number of amides is 1. The van der Waals surface area contributed by atoms with Crippen molar-refractivity contribution in [2.24, 2.45) is 5.73 Å². The van der Waals surface area contributed by atoms with E-state index in [1.54, 1.807) is 4.90 Å². The molecule has 0 aromatic heterocycles. The Balaban J connectivity index is 2.55. The summed E-state index contributed by atoms with van der Waals surface area (Å²) >= 11 is 5.67. The van der Waals surface area contributed by atoms with Gasteiger partial charge in [-0.2, -0.15) is 5.26 Å². The molecule has 0 aliphatic carbocycles. The van der Waals surface area contributed by atoms with E-state index in [1.807, 2.05) is 6.07 Å². The molecule has 0 bridgehead atoms. The normalized spacial score (nSPS) is 25.3. The second-order valence-corrected chi connectivity index (χ2v) is 3.61. The van der Waals surface area contributed by atoms with Gasteiger partial charge in [-0.3, -0.25) is 9.69 Å². The molecule has 14 heavy (non-hydrogen) atoms. The lowest BCUT2D eigenvalue weighted by atomic mass is 10.2. The number of ether oxygens (including phenoxy) is 1. The first-order chi connectivity index (χ1) is 6.65. The number of rotatable bonds is 3. The fourth-order valence-electron chi connectivity index (χ4n) is 1.37. The maximum Gasteiger partial charge on any atom is 0.237 e. The van der Waals surface area contributed by atoms with Gasteiger partial charge in [0, 0.05) is 13.1 Å². The molecule has 6 heteroatoms. The number of alkyl halides is 1. The van der Waals surface area contributed by atoms with E-state index in [2.05, 4.69) is 0 Å². The number of halogens is 1. The summed E-state index contributed by atoms with van der Waals surface area (Å²) in [5.41, 5.74) is 5.19. The zero-order valence-corrected chi connectivity index (χ0v) is 8.41. The maximum absolute atomic E-state index is 11.0. The number of nitriles is 1. The summed E-state index contributed by atoms with van der Waals surface area (Å²) in [6.07, 6.45) is 0. The molecule has 2 atom stereocenters. The maximum atomic E-state index is 11.0. The van der Waals surface area contributed by atoms with Crippen LogP contribution in [0.3, 0.4) is 0 Å². The van der Waals surface area contributed by atoms with Crippen molar-refractivity contribution < 1.29 is 9.53 Å². The van der Waals surface area contributed by atoms with Crippen molar-refractivity contribution in [3.63, 3.8) is 0 Å². The van der Waals surface area contributed by atoms with Crippen molar-refractivity contribution in [1.29, 1.82) is 5.26 Å². The van der Waals surface area contributed by atoms with Gasteiger partial charge in [0.2, 0.25) is 5.91 Å². The minimum Gasteiger partial charge on any atom is -0.378 e. The Labute approximate surface area is 87.4 Å². The Bertz CT molecular complexity index is 253. The molecule has 78 valence electrons. The van der Waals surface area contributed by atoms with Gasteiger partial charge in [0.15, 0.2) is 0 Å². The van der Waals surface area contributed by atoms with Crippen LogP contribution in [0.25, 0.3) is 0 Å². The van der Waals surface area contributed by atoms with Crippen LogP contribution in [0.4, 0.5) is 0 Å². The summed E-state index contributed by atoms with van der Waals surface area (Å²) in [5, 5.41) is 7.92. The number of primary amides is 1. The Hall–Kier alpha value is -0.830. The molecule has 1 amide bonds. The SMILES string of the molecule is N#CC(Cl)CN1CCOCC1C(N)=O. The van der Waals surface area contributed by atoms with Crippen molar-refractivity contribution in [3.05, 3.63) is 0 Å². The number of carbonyl (C=O) groups excluding carboxylic acids is 1. The highest BCUT2D eigenvalue weighted by Gasteiger charge is 2.28. The van der Waals surface area contributed by atoms with Gasteiger partial charge in [-0.05, 0) is 0 Å². The topological polar surface area (TPSA) is 79.3 Å². The van der Waals surface area contributed by atoms with Gasteiger partial charge in [0.05, 0.1) is 19.3 Å². The highest BCUT2D eigenvalue weighted by Crippen LogP contribution is 2.09. The second kappa shape index (κ2) is 5.15. The van der Waals surface area contributed by atoms with Crippen molar-refractivity contribution in [3.8, 4) is 6.07 Å². The molecular weight excluding hydrogens is 206 g/mol. The Kier molecular flexibility index (Phi) is 4.14. The average molecular weight is 218 g/mol. The Morgan fingerprint density at radius 3 is 3.14 bits per heavy atom. The van der Waals surface area contributed by atoms with E-state index in [1.165, 1.54) is 0 Å². The molecule has 1 aliphatic heterocycles. The average Bonchev–Trinajstić information content (AvgIpc) is 2.18. The Morgan fingerprint density at radius 1 is 1.86 bits per heavy atom. The van der Waals surface area contributed by atoms with E-state index < -0.39 is 17.3 Å². The molecule has 1 fully saturated rings. The van der Waals surface area contributed by atoms with Crippen molar-refractivity contribution >= 4 is 17.5 Å². The third-order valence-corrected chi connectivity index (χ3v) is 2.34. The van der Waals surface area contributed by atoms with E-state index in [4.69, 9.17) is 27.3 Å². The molecule has 1 aliphatic rings. The molecule has 0 aromatic carbocycles.